The van der Waals surface area contributed by atoms with Gasteiger partial charge < -0.3 is 15.0 Å². The second-order valence-corrected chi connectivity index (χ2v) is 7.74. The number of hydrogen-bond donors (Lipinski definition) is 1. The van der Waals surface area contributed by atoms with E-state index >= 15 is 0 Å². The molecule has 0 amide bonds. The average molecular weight is 308 g/mol. The van der Waals surface area contributed by atoms with E-state index in [1.807, 2.05) is 35.7 Å². The number of nitrogens with zero attached hydrogens (tertiary/aromatic N) is 3. The number of sulfone groups is 1. The van der Waals surface area contributed by atoms with E-state index in [4.69, 9.17) is 10.7 Å². The lowest BCUT2D eigenvalue weighted by Crippen LogP contribution is -2.47. The molecule has 3 heterocycles. The fourth-order valence-electron chi connectivity index (χ4n) is 2.95. The predicted octanol–water partition coefficient (Wildman–Crippen LogP) is 0.459. The molecular formula is C14H20N4O2S. The highest BCUT2D eigenvalue weighted by Crippen LogP contribution is 2.26. The first-order valence-electron chi connectivity index (χ1n) is 7.15. The molecule has 0 aliphatic carbocycles. The lowest BCUT2D eigenvalue weighted by molar-refractivity contribution is 0.566. The highest BCUT2D eigenvalue weighted by atomic mass is 32.2. The number of fused-ring (bicyclic) bond motifs is 1. The van der Waals surface area contributed by atoms with E-state index in [0.717, 1.165) is 23.6 Å². The van der Waals surface area contributed by atoms with Gasteiger partial charge in [-0.3, -0.25) is 0 Å². The Labute approximate surface area is 124 Å². The Morgan fingerprint density at radius 3 is 2.95 bits per heavy atom. The smallest absolute Gasteiger partial charge is 0.154 e. The van der Waals surface area contributed by atoms with Crippen LogP contribution in [0.15, 0.2) is 24.4 Å². The summed E-state index contributed by atoms with van der Waals surface area (Å²) in [4.78, 5) is 6.79. The molecule has 7 heteroatoms. The van der Waals surface area contributed by atoms with Crippen LogP contribution in [-0.4, -0.2) is 48.4 Å². The van der Waals surface area contributed by atoms with Crippen LogP contribution in [0.5, 0.6) is 0 Å². The lowest BCUT2D eigenvalue weighted by atomic mass is 10.2. The molecule has 1 aliphatic heterocycles. The maximum Gasteiger partial charge on any atom is 0.154 e. The number of hydrogen-bond acceptors (Lipinski definition) is 5. The Kier molecular flexibility index (Phi) is 3.62. The fourth-order valence-corrected chi connectivity index (χ4v) is 4.50. The summed E-state index contributed by atoms with van der Waals surface area (Å²) in [7, 11) is -2.93. The van der Waals surface area contributed by atoms with E-state index in [1.165, 1.54) is 0 Å². The number of aromatic nitrogens is 2. The van der Waals surface area contributed by atoms with Gasteiger partial charge in [0.2, 0.25) is 0 Å². The van der Waals surface area contributed by atoms with Gasteiger partial charge in [0.25, 0.3) is 0 Å². The largest absolute Gasteiger partial charge is 0.350 e. The summed E-state index contributed by atoms with van der Waals surface area (Å²) in [5.41, 5.74) is 7.66. The van der Waals surface area contributed by atoms with Crippen LogP contribution in [0, 0.1) is 0 Å². The normalized spacial score (nSPS) is 21.8. The first-order valence-corrected chi connectivity index (χ1v) is 8.97. The standard InChI is InChI=1S/C14H20N4O2S/c1-11-10-21(19,20)9-8-17(11)14-12(5-6-15)18-7-3-2-4-13(18)16-14/h2-4,7,11H,5-6,8-10,15H2,1H3. The van der Waals surface area contributed by atoms with Crippen molar-refractivity contribution in [2.75, 3.05) is 29.5 Å². The zero-order chi connectivity index (χ0) is 15.0. The molecule has 114 valence electrons. The van der Waals surface area contributed by atoms with E-state index < -0.39 is 9.84 Å². The lowest BCUT2D eigenvalue weighted by Gasteiger charge is -2.34. The van der Waals surface area contributed by atoms with Crippen LogP contribution in [0.1, 0.15) is 12.6 Å². The Hall–Kier alpha value is -1.60. The molecule has 1 saturated heterocycles. The summed E-state index contributed by atoms with van der Waals surface area (Å²) in [6.45, 7) is 2.97. The van der Waals surface area contributed by atoms with Crippen molar-refractivity contribution in [1.29, 1.82) is 0 Å². The van der Waals surface area contributed by atoms with Crippen molar-refractivity contribution in [3.63, 3.8) is 0 Å². The van der Waals surface area contributed by atoms with Gasteiger partial charge in [-0.25, -0.2) is 13.4 Å². The van der Waals surface area contributed by atoms with E-state index in [0.29, 0.717) is 13.1 Å². The van der Waals surface area contributed by atoms with Crippen molar-refractivity contribution in [2.24, 2.45) is 5.73 Å². The third-order valence-corrected chi connectivity index (χ3v) is 5.73. The molecule has 2 aromatic heterocycles. The van der Waals surface area contributed by atoms with Crippen molar-refractivity contribution in [1.82, 2.24) is 9.38 Å². The highest BCUT2D eigenvalue weighted by molar-refractivity contribution is 7.91. The highest BCUT2D eigenvalue weighted by Gasteiger charge is 2.31. The molecule has 2 N–H and O–H groups in total. The monoisotopic (exact) mass is 308 g/mol. The first kappa shape index (κ1) is 14.3. The van der Waals surface area contributed by atoms with Gasteiger partial charge >= 0.3 is 0 Å². The second-order valence-electron chi connectivity index (χ2n) is 5.51. The Morgan fingerprint density at radius 1 is 1.43 bits per heavy atom. The van der Waals surface area contributed by atoms with Gasteiger partial charge in [-0.1, -0.05) is 6.07 Å². The molecule has 0 aromatic carbocycles. The minimum absolute atomic E-state index is 0.0646. The summed E-state index contributed by atoms with van der Waals surface area (Å²) in [5, 5.41) is 0. The van der Waals surface area contributed by atoms with Crippen LogP contribution in [0.25, 0.3) is 5.65 Å². The zero-order valence-electron chi connectivity index (χ0n) is 12.1. The topological polar surface area (TPSA) is 80.7 Å². The van der Waals surface area contributed by atoms with E-state index in [-0.39, 0.29) is 17.5 Å². The van der Waals surface area contributed by atoms with Gasteiger partial charge in [-0.05, 0) is 25.6 Å². The van der Waals surface area contributed by atoms with Gasteiger partial charge in [-0.15, -0.1) is 0 Å². The molecule has 0 saturated carbocycles. The van der Waals surface area contributed by atoms with Crippen molar-refractivity contribution >= 4 is 21.3 Å². The molecule has 1 fully saturated rings. The molecule has 21 heavy (non-hydrogen) atoms. The summed E-state index contributed by atoms with van der Waals surface area (Å²) in [6.07, 6.45) is 2.69. The molecule has 1 atom stereocenters. The van der Waals surface area contributed by atoms with Crippen molar-refractivity contribution < 1.29 is 8.42 Å². The zero-order valence-corrected chi connectivity index (χ0v) is 12.9. The van der Waals surface area contributed by atoms with Crippen LogP contribution < -0.4 is 10.6 Å². The van der Waals surface area contributed by atoms with E-state index in [1.54, 1.807) is 0 Å². The van der Waals surface area contributed by atoms with E-state index in [2.05, 4.69) is 4.90 Å². The average Bonchev–Trinajstić information content (AvgIpc) is 2.77. The molecule has 0 radical (unpaired) electrons. The van der Waals surface area contributed by atoms with Gasteiger partial charge in [0.1, 0.15) is 5.65 Å². The summed E-state index contributed by atoms with van der Waals surface area (Å²) in [6, 6.07) is 5.80. The number of rotatable bonds is 3. The van der Waals surface area contributed by atoms with Gasteiger partial charge in [0.05, 0.1) is 17.2 Å². The van der Waals surface area contributed by atoms with Crippen LogP contribution in [0.4, 0.5) is 5.82 Å². The first-order chi connectivity index (χ1) is 10.0. The minimum Gasteiger partial charge on any atom is -0.350 e. The third kappa shape index (κ3) is 2.63. The summed E-state index contributed by atoms with van der Waals surface area (Å²) >= 11 is 0. The Bertz CT molecular complexity index is 753. The third-order valence-electron chi connectivity index (χ3n) is 3.93. The molecule has 1 aliphatic rings. The number of pyridine rings is 1. The fraction of sp³-hybridized carbons (Fsp3) is 0.500. The molecule has 0 bridgehead atoms. The molecule has 0 spiro atoms. The predicted molar refractivity (Wildman–Crippen MR) is 83.4 cm³/mol. The van der Waals surface area contributed by atoms with Gasteiger partial charge in [-0.2, -0.15) is 0 Å². The minimum atomic E-state index is -2.93. The molecule has 6 nitrogen and oxygen atoms in total. The maximum atomic E-state index is 11.7. The molecule has 1 unspecified atom stereocenters. The summed E-state index contributed by atoms with van der Waals surface area (Å²) in [5.74, 6) is 1.24. The van der Waals surface area contributed by atoms with Crippen LogP contribution in [0.3, 0.4) is 0 Å². The van der Waals surface area contributed by atoms with Crippen molar-refractivity contribution in [2.45, 2.75) is 19.4 Å². The van der Waals surface area contributed by atoms with Crippen LogP contribution in [-0.2, 0) is 16.3 Å². The SMILES string of the molecule is CC1CS(=O)(=O)CCN1c1nc2ccccn2c1CCN. The number of nitrogens with two attached hydrogens (primary N) is 1. The van der Waals surface area contributed by atoms with Crippen molar-refractivity contribution in [3.8, 4) is 0 Å². The number of imidazole rings is 1. The number of anilines is 1. The van der Waals surface area contributed by atoms with Crippen molar-refractivity contribution in [3.05, 3.63) is 30.1 Å². The molecular weight excluding hydrogens is 288 g/mol. The molecule has 2 aromatic rings. The quantitative estimate of drug-likeness (QED) is 0.891. The maximum absolute atomic E-state index is 11.7. The van der Waals surface area contributed by atoms with Crippen LogP contribution in [0.2, 0.25) is 0 Å². The van der Waals surface area contributed by atoms with E-state index in [9.17, 15) is 8.42 Å². The Balaban J connectivity index is 2.05. The van der Waals surface area contributed by atoms with Gasteiger partial charge in [0.15, 0.2) is 15.7 Å². The van der Waals surface area contributed by atoms with Gasteiger partial charge in [0, 0.05) is 25.2 Å². The Morgan fingerprint density at radius 2 is 2.24 bits per heavy atom. The van der Waals surface area contributed by atoms with Crippen LogP contribution >= 0.6 is 0 Å². The molecule has 3 rings (SSSR count). The second kappa shape index (κ2) is 5.31. The summed E-state index contributed by atoms with van der Waals surface area (Å²) < 4.78 is 25.5.